The maximum absolute atomic E-state index is 12.7. The SMILES string of the molecule is Cc1ccc(CC(=O)N2CCC[C@@H]2c2nc(C)cc(=O)[nH]2)cc1. The van der Waals surface area contributed by atoms with Crippen molar-refractivity contribution >= 4 is 5.91 Å². The van der Waals surface area contributed by atoms with E-state index >= 15 is 0 Å². The Morgan fingerprint density at radius 1 is 1.30 bits per heavy atom. The third-order valence-electron chi connectivity index (χ3n) is 4.25. The van der Waals surface area contributed by atoms with Gasteiger partial charge in [0.25, 0.3) is 5.56 Å². The number of H-pyrrole nitrogens is 1. The molecule has 1 atom stereocenters. The number of nitrogens with one attached hydrogen (secondary N) is 1. The number of amides is 1. The van der Waals surface area contributed by atoms with Crippen molar-refractivity contribution in [3.8, 4) is 0 Å². The van der Waals surface area contributed by atoms with E-state index in [2.05, 4.69) is 9.97 Å². The number of benzene rings is 1. The number of carbonyl (C=O) groups is 1. The molecule has 5 nitrogen and oxygen atoms in total. The van der Waals surface area contributed by atoms with Crippen LogP contribution in [-0.2, 0) is 11.2 Å². The fourth-order valence-electron chi connectivity index (χ4n) is 3.09. The molecule has 0 aliphatic carbocycles. The molecule has 0 spiro atoms. The first-order valence-corrected chi connectivity index (χ1v) is 7.96. The fourth-order valence-corrected chi connectivity index (χ4v) is 3.09. The summed E-state index contributed by atoms with van der Waals surface area (Å²) in [5.74, 6) is 0.685. The lowest BCUT2D eigenvalue weighted by molar-refractivity contribution is -0.131. The number of nitrogens with zero attached hydrogens (tertiary/aromatic N) is 2. The number of likely N-dealkylation sites (tertiary alicyclic amines) is 1. The number of hydrogen-bond acceptors (Lipinski definition) is 3. The molecule has 0 saturated carbocycles. The molecule has 3 rings (SSSR count). The Labute approximate surface area is 135 Å². The van der Waals surface area contributed by atoms with Crippen LogP contribution in [0.25, 0.3) is 0 Å². The number of aryl methyl sites for hydroxylation is 2. The molecule has 1 fully saturated rings. The highest BCUT2D eigenvalue weighted by Crippen LogP contribution is 2.30. The van der Waals surface area contributed by atoms with E-state index in [-0.39, 0.29) is 17.5 Å². The van der Waals surface area contributed by atoms with E-state index in [4.69, 9.17) is 0 Å². The second-order valence-electron chi connectivity index (χ2n) is 6.18. The van der Waals surface area contributed by atoms with Crippen molar-refractivity contribution in [3.63, 3.8) is 0 Å². The van der Waals surface area contributed by atoms with Gasteiger partial charge in [0.15, 0.2) is 0 Å². The first kappa shape index (κ1) is 15.5. The fraction of sp³-hybridized carbons (Fsp3) is 0.389. The number of rotatable bonds is 3. The van der Waals surface area contributed by atoms with Crippen LogP contribution >= 0.6 is 0 Å². The highest BCUT2D eigenvalue weighted by atomic mass is 16.2. The summed E-state index contributed by atoms with van der Waals surface area (Å²) in [5, 5.41) is 0. The lowest BCUT2D eigenvalue weighted by Gasteiger charge is -2.24. The largest absolute Gasteiger partial charge is 0.332 e. The topological polar surface area (TPSA) is 66.1 Å². The molecule has 0 bridgehead atoms. The minimum atomic E-state index is -0.162. The predicted octanol–water partition coefficient (Wildman–Crippen LogP) is 2.29. The summed E-state index contributed by atoms with van der Waals surface area (Å²) in [6.07, 6.45) is 2.15. The molecule has 1 aliphatic heterocycles. The van der Waals surface area contributed by atoms with Crippen molar-refractivity contribution in [2.45, 2.75) is 39.2 Å². The zero-order valence-corrected chi connectivity index (χ0v) is 13.5. The van der Waals surface area contributed by atoms with Gasteiger partial charge in [-0.3, -0.25) is 9.59 Å². The number of aromatic nitrogens is 2. The Hall–Kier alpha value is -2.43. The van der Waals surface area contributed by atoms with Crippen LogP contribution in [0.2, 0.25) is 0 Å². The van der Waals surface area contributed by atoms with Crippen LogP contribution in [0.4, 0.5) is 0 Å². The molecule has 5 heteroatoms. The summed E-state index contributed by atoms with van der Waals surface area (Å²) < 4.78 is 0. The summed E-state index contributed by atoms with van der Waals surface area (Å²) in [6.45, 7) is 4.54. The van der Waals surface area contributed by atoms with Crippen LogP contribution in [0.5, 0.6) is 0 Å². The smallest absolute Gasteiger partial charge is 0.251 e. The van der Waals surface area contributed by atoms with Crippen LogP contribution in [0.3, 0.4) is 0 Å². The zero-order chi connectivity index (χ0) is 16.4. The second-order valence-corrected chi connectivity index (χ2v) is 6.18. The molecule has 0 unspecified atom stereocenters. The molecule has 1 aromatic carbocycles. The van der Waals surface area contributed by atoms with Gasteiger partial charge in [-0.25, -0.2) is 4.98 Å². The van der Waals surface area contributed by atoms with Gasteiger partial charge in [-0.1, -0.05) is 29.8 Å². The predicted molar refractivity (Wildman–Crippen MR) is 88.2 cm³/mol. The van der Waals surface area contributed by atoms with Gasteiger partial charge in [0.2, 0.25) is 5.91 Å². The number of hydrogen-bond donors (Lipinski definition) is 1. The normalized spacial score (nSPS) is 17.5. The van der Waals surface area contributed by atoms with Crippen molar-refractivity contribution in [2.24, 2.45) is 0 Å². The summed E-state index contributed by atoms with van der Waals surface area (Å²) in [6, 6.07) is 9.36. The van der Waals surface area contributed by atoms with Crippen LogP contribution in [0, 0.1) is 13.8 Å². The van der Waals surface area contributed by atoms with Crippen LogP contribution in [0.15, 0.2) is 35.1 Å². The van der Waals surface area contributed by atoms with Crippen molar-refractivity contribution in [1.29, 1.82) is 0 Å². The Kier molecular flexibility index (Phi) is 4.28. The molecule has 120 valence electrons. The Morgan fingerprint density at radius 2 is 2.04 bits per heavy atom. The van der Waals surface area contributed by atoms with E-state index < -0.39 is 0 Å². The van der Waals surface area contributed by atoms with Crippen LogP contribution in [0.1, 0.15) is 41.5 Å². The van der Waals surface area contributed by atoms with Crippen molar-refractivity contribution < 1.29 is 4.79 Å². The molecular weight excluding hydrogens is 290 g/mol. The Morgan fingerprint density at radius 3 is 2.74 bits per heavy atom. The first-order valence-electron chi connectivity index (χ1n) is 7.96. The average Bonchev–Trinajstić information content (AvgIpc) is 2.98. The molecule has 2 heterocycles. The highest BCUT2D eigenvalue weighted by Gasteiger charge is 2.31. The molecule has 2 aromatic rings. The molecule has 1 aromatic heterocycles. The minimum absolute atomic E-state index is 0.0838. The van der Waals surface area contributed by atoms with E-state index in [0.29, 0.717) is 24.5 Å². The number of aromatic amines is 1. The molecule has 1 amide bonds. The van der Waals surface area contributed by atoms with E-state index in [1.165, 1.54) is 11.6 Å². The van der Waals surface area contributed by atoms with Gasteiger partial charge in [0.05, 0.1) is 12.5 Å². The van der Waals surface area contributed by atoms with Gasteiger partial charge in [0.1, 0.15) is 5.82 Å². The minimum Gasteiger partial charge on any atom is -0.332 e. The second kappa shape index (κ2) is 6.36. The van der Waals surface area contributed by atoms with Crippen molar-refractivity contribution in [3.05, 3.63) is 63.3 Å². The summed E-state index contributed by atoms with van der Waals surface area (Å²) in [7, 11) is 0. The average molecular weight is 311 g/mol. The molecule has 1 saturated heterocycles. The van der Waals surface area contributed by atoms with Crippen LogP contribution < -0.4 is 5.56 Å². The van der Waals surface area contributed by atoms with E-state index in [1.807, 2.05) is 36.1 Å². The van der Waals surface area contributed by atoms with Crippen molar-refractivity contribution in [1.82, 2.24) is 14.9 Å². The lowest BCUT2D eigenvalue weighted by atomic mass is 10.1. The van der Waals surface area contributed by atoms with Crippen LogP contribution in [-0.4, -0.2) is 27.3 Å². The van der Waals surface area contributed by atoms with Gasteiger partial charge in [-0.05, 0) is 32.3 Å². The standard InChI is InChI=1S/C18H21N3O2/c1-12-5-7-14(8-6-12)11-17(23)21-9-3-4-15(21)18-19-13(2)10-16(22)20-18/h5-8,10,15H,3-4,9,11H2,1-2H3,(H,19,20,22)/t15-/m1/s1. The maximum Gasteiger partial charge on any atom is 0.251 e. The third-order valence-corrected chi connectivity index (χ3v) is 4.25. The quantitative estimate of drug-likeness (QED) is 0.946. The first-order chi connectivity index (χ1) is 11.0. The van der Waals surface area contributed by atoms with Gasteiger partial charge in [0, 0.05) is 18.3 Å². The molecule has 23 heavy (non-hydrogen) atoms. The van der Waals surface area contributed by atoms with E-state index in [9.17, 15) is 9.59 Å². The van der Waals surface area contributed by atoms with E-state index in [1.54, 1.807) is 6.92 Å². The summed E-state index contributed by atoms with van der Waals surface area (Å²) in [4.78, 5) is 33.4. The molecule has 1 aliphatic rings. The summed E-state index contributed by atoms with van der Waals surface area (Å²) >= 11 is 0. The monoisotopic (exact) mass is 311 g/mol. The van der Waals surface area contributed by atoms with Crippen molar-refractivity contribution in [2.75, 3.05) is 6.54 Å². The van der Waals surface area contributed by atoms with Gasteiger partial charge >= 0.3 is 0 Å². The molecular formula is C18H21N3O2. The maximum atomic E-state index is 12.7. The van der Waals surface area contributed by atoms with Gasteiger partial charge in [-0.2, -0.15) is 0 Å². The highest BCUT2D eigenvalue weighted by molar-refractivity contribution is 5.79. The van der Waals surface area contributed by atoms with E-state index in [0.717, 1.165) is 18.4 Å². The Balaban J connectivity index is 1.79. The Bertz CT molecular complexity index is 765. The lowest BCUT2D eigenvalue weighted by Crippen LogP contribution is -2.33. The molecule has 0 radical (unpaired) electrons. The molecule has 1 N–H and O–H groups in total. The third kappa shape index (κ3) is 3.50. The summed E-state index contributed by atoms with van der Waals surface area (Å²) in [5.41, 5.74) is 2.71. The number of carbonyl (C=O) groups excluding carboxylic acids is 1. The van der Waals surface area contributed by atoms with Gasteiger partial charge in [-0.15, -0.1) is 0 Å². The zero-order valence-electron chi connectivity index (χ0n) is 13.5. The van der Waals surface area contributed by atoms with Gasteiger partial charge < -0.3 is 9.88 Å².